The first kappa shape index (κ1) is 13.0. The van der Waals surface area contributed by atoms with Gasteiger partial charge in [0.15, 0.2) is 0 Å². The Bertz CT molecular complexity index is 661. The van der Waals surface area contributed by atoms with E-state index >= 15 is 0 Å². The van der Waals surface area contributed by atoms with E-state index in [2.05, 4.69) is 42.6 Å². The molecule has 1 atom stereocenters. The molecule has 2 aliphatic carbocycles. The first-order chi connectivity index (χ1) is 10.3. The minimum atomic E-state index is 0.376. The van der Waals surface area contributed by atoms with Crippen LogP contribution in [-0.4, -0.2) is 16.0 Å². The van der Waals surface area contributed by atoms with Crippen LogP contribution < -0.4 is 5.32 Å². The number of hydrogen-bond donors (Lipinski definition) is 1. The number of hydrogen-bond acceptors (Lipinski definition) is 3. The third kappa shape index (κ3) is 2.70. The molecule has 1 fully saturated rings. The van der Waals surface area contributed by atoms with E-state index in [9.17, 15) is 0 Å². The van der Waals surface area contributed by atoms with E-state index in [0.29, 0.717) is 5.92 Å². The maximum absolute atomic E-state index is 4.84. The molecule has 4 rings (SSSR count). The Labute approximate surface area is 125 Å². The molecule has 0 spiro atoms. The largest absolute Gasteiger partial charge is 0.308 e. The lowest BCUT2D eigenvalue weighted by molar-refractivity contribution is 0.653. The molecule has 1 aromatic heterocycles. The summed E-state index contributed by atoms with van der Waals surface area (Å²) in [4.78, 5) is 9.56. The predicted octanol–water partition coefficient (Wildman–Crippen LogP) is 3.12. The Morgan fingerprint density at radius 2 is 2.00 bits per heavy atom. The third-order valence-corrected chi connectivity index (χ3v) is 4.52. The fourth-order valence-corrected chi connectivity index (χ4v) is 3.27. The molecule has 0 aliphatic heterocycles. The Kier molecular flexibility index (Phi) is 3.23. The Balaban J connectivity index is 1.62. The molecule has 2 aromatic rings. The van der Waals surface area contributed by atoms with Crippen molar-refractivity contribution in [3.05, 3.63) is 58.7 Å². The summed E-state index contributed by atoms with van der Waals surface area (Å²) in [6.07, 6.45) is 4.91. The highest BCUT2D eigenvalue weighted by molar-refractivity contribution is 5.38. The second-order valence-corrected chi connectivity index (χ2v) is 6.30. The van der Waals surface area contributed by atoms with E-state index in [1.165, 1.54) is 24.0 Å². The molecule has 21 heavy (non-hydrogen) atoms. The van der Waals surface area contributed by atoms with Crippen LogP contribution in [0.15, 0.2) is 30.3 Å². The average Bonchev–Trinajstić information content (AvgIpc) is 3.22. The van der Waals surface area contributed by atoms with Gasteiger partial charge in [-0.1, -0.05) is 24.3 Å². The topological polar surface area (TPSA) is 37.8 Å². The third-order valence-electron chi connectivity index (χ3n) is 4.52. The molecule has 1 saturated carbocycles. The van der Waals surface area contributed by atoms with E-state index in [1.807, 2.05) is 0 Å². The van der Waals surface area contributed by atoms with Crippen LogP contribution in [0.1, 0.15) is 53.5 Å². The van der Waals surface area contributed by atoms with Crippen LogP contribution in [0.25, 0.3) is 0 Å². The Hall–Kier alpha value is -1.74. The van der Waals surface area contributed by atoms with Gasteiger partial charge >= 0.3 is 0 Å². The zero-order valence-corrected chi connectivity index (χ0v) is 12.5. The smallest absolute Gasteiger partial charge is 0.136 e. The molecular formula is C18H21N3. The fraction of sp³-hybridized carbons (Fsp3) is 0.444. The molecule has 0 bridgehead atoms. The van der Waals surface area contributed by atoms with Crippen LogP contribution >= 0.6 is 0 Å². The number of aryl methyl sites for hydroxylation is 2. The standard InChI is InChI=1S/C18H21N3/c1-12-10-15(11-19-14-7-8-14)21-18(20-12)17-9-6-13-4-2-3-5-16(13)17/h2-5,10,14,17,19H,6-9,11H2,1H3. The summed E-state index contributed by atoms with van der Waals surface area (Å²) in [5.74, 6) is 1.38. The van der Waals surface area contributed by atoms with Crippen molar-refractivity contribution in [2.24, 2.45) is 0 Å². The summed E-state index contributed by atoms with van der Waals surface area (Å²) in [6, 6.07) is 11.6. The van der Waals surface area contributed by atoms with Crippen molar-refractivity contribution in [1.82, 2.24) is 15.3 Å². The van der Waals surface area contributed by atoms with Gasteiger partial charge in [0, 0.05) is 24.2 Å². The van der Waals surface area contributed by atoms with Crippen molar-refractivity contribution < 1.29 is 0 Å². The molecule has 1 heterocycles. The number of aromatic nitrogens is 2. The number of fused-ring (bicyclic) bond motifs is 1. The van der Waals surface area contributed by atoms with E-state index < -0.39 is 0 Å². The van der Waals surface area contributed by atoms with Crippen molar-refractivity contribution in [3.8, 4) is 0 Å². The van der Waals surface area contributed by atoms with Gasteiger partial charge in [0.05, 0.1) is 5.69 Å². The number of benzene rings is 1. The summed E-state index contributed by atoms with van der Waals surface area (Å²) < 4.78 is 0. The fourth-order valence-electron chi connectivity index (χ4n) is 3.27. The van der Waals surface area contributed by atoms with Crippen LogP contribution in [0.2, 0.25) is 0 Å². The maximum Gasteiger partial charge on any atom is 0.136 e. The van der Waals surface area contributed by atoms with Gasteiger partial charge in [0.1, 0.15) is 5.82 Å². The van der Waals surface area contributed by atoms with Crippen LogP contribution in [-0.2, 0) is 13.0 Å². The molecule has 1 aromatic carbocycles. The second-order valence-electron chi connectivity index (χ2n) is 6.30. The minimum Gasteiger partial charge on any atom is -0.308 e. The molecule has 2 aliphatic rings. The minimum absolute atomic E-state index is 0.376. The normalized spacial score (nSPS) is 20.5. The molecule has 108 valence electrons. The molecule has 3 nitrogen and oxygen atoms in total. The van der Waals surface area contributed by atoms with Gasteiger partial charge in [0.25, 0.3) is 0 Å². The van der Waals surface area contributed by atoms with Crippen LogP contribution in [0.4, 0.5) is 0 Å². The lowest BCUT2D eigenvalue weighted by Crippen LogP contribution is -2.18. The average molecular weight is 279 g/mol. The van der Waals surface area contributed by atoms with Gasteiger partial charge in [0.2, 0.25) is 0 Å². The van der Waals surface area contributed by atoms with E-state index in [4.69, 9.17) is 9.97 Å². The molecule has 0 amide bonds. The highest BCUT2D eigenvalue weighted by Gasteiger charge is 2.26. The van der Waals surface area contributed by atoms with Crippen LogP contribution in [0, 0.1) is 6.92 Å². The van der Waals surface area contributed by atoms with E-state index in [-0.39, 0.29) is 0 Å². The van der Waals surface area contributed by atoms with Gasteiger partial charge in [-0.3, -0.25) is 0 Å². The summed E-state index contributed by atoms with van der Waals surface area (Å²) in [7, 11) is 0. The number of rotatable bonds is 4. The quantitative estimate of drug-likeness (QED) is 0.934. The van der Waals surface area contributed by atoms with Crippen molar-refractivity contribution >= 4 is 0 Å². The monoisotopic (exact) mass is 279 g/mol. The summed E-state index contributed by atoms with van der Waals surface area (Å²) in [6.45, 7) is 2.95. The Morgan fingerprint density at radius 1 is 1.14 bits per heavy atom. The summed E-state index contributed by atoms with van der Waals surface area (Å²) >= 11 is 0. The van der Waals surface area contributed by atoms with Crippen molar-refractivity contribution in [3.63, 3.8) is 0 Å². The molecule has 1 N–H and O–H groups in total. The van der Waals surface area contributed by atoms with Crippen molar-refractivity contribution in [1.29, 1.82) is 0 Å². The van der Waals surface area contributed by atoms with Gasteiger partial charge in [-0.2, -0.15) is 0 Å². The first-order valence-corrected chi connectivity index (χ1v) is 7.95. The lowest BCUT2D eigenvalue weighted by atomic mass is 10.0. The summed E-state index contributed by atoms with van der Waals surface area (Å²) in [5, 5.41) is 3.55. The first-order valence-electron chi connectivity index (χ1n) is 7.95. The second kappa shape index (κ2) is 5.23. The van der Waals surface area contributed by atoms with Crippen LogP contribution in [0.5, 0.6) is 0 Å². The highest BCUT2D eigenvalue weighted by Crippen LogP contribution is 2.36. The maximum atomic E-state index is 4.84. The van der Waals surface area contributed by atoms with Gasteiger partial charge in [-0.25, -0.2) is 9.97 Å². The SMILES string of the molecule is Cc1cc(CNC2CC2)nc(C2CCc3ccccc32)n1. The summed E-state index contributed by atoms with van der Waals surface area (Å²) in [5.41, 5.74) is 5.10. The van der Waals surface area contributed by atoms with Gasteiger partial charge < -0.3 is 5.32 Å². The molecule has 0 radical (unpaired) electrons. The van der Waals surface area contributed by atoms with Crippen molar-refractivity contribution in [2.75, 3.05) is 0 Å². The molecule has 3 heteroatoms. The van der Waals surface area contributed by atoms with Gasteiger partial charge in [-0.05, 0) is 49.8 Å². The van der Waals surface area contributed by atoms with E-state index in [0.717, 1.165) is 42.6 Å². The lowest BCUT2D eigenvalue weighted by Gasteiger charge is -2.13. The highest BCUT2D eigenvalue weighted by atomic mass is 15.0. The van der Waals surface area contributed by atoms with Crippen molar-refractivity contribution in [2.45, 2.75) is 51.1 Å². The van der Waals surface area contributed by atoms with E-state index in [1.54, 1.807) is 0 Å². The molecule has 0 saturated heterocycles. The van der Waals surface area contributed by atoms with Crippen LogP contribution in [0.3, 0.4) is 0 Å². The molecule has 1 unspecified atom stereocenters. The van der Waals surface area contributed by atoms with Gasteiger partial charge in [-0.15, -0.1) is 0 Å². The zero-order valence-electron chi connectivity index (χ0n) is 12.5. The number of nitrogens with zero attached hydrogens (tertiary/aromatic N) is 2. The zero-order chi connectivity index (χ0) is 14.2. The Morgan fingerprint density at radius 3 is 2.86 bits per heavy atom. The molecular weight excluding hydrogens is 258 g/mol. The number of nitrogens with one attached hydrogen (secondary N) is 1. The predicted molar refractivity (Wildman–Crippen MR) is 83.2 cm³/mol.